The predicted molar refractivity (Wildman–Crippen MR) is 345 cm³/mol. The summed E-state index contributed by atoms with van der Waals surface area (Å²) in [5, 5.41) is 53.7. The summed E-state index contributed by atoms with van der Waals surface area (Å²) in [6, 6.07) is 9.47. The van der Waals surface area contributed by atoms with Crippen LogP contribution in [0.5, 0.6) is 0 Å². The predicted octanol–water partition coefficient (Wildman–Crippen LogP) is 10.0. The number of hydrogen-bond acceptors (Lipinski definition) is 23. The molecule has 4 atom stereocenters. The number of allylic oxidation sites excluding steroid dienone is 4. The van der Waals surface area contributed by atoms with Gasteiger partial charge in [0.2, 0.25) is 11.8 Å². The van der Waals surface area contributed by atoms with Crippen LogP contribution in [-0.4, -0.2) is 119 Å². The molecule has 0 saturated carbocycles. The van der Waals surface area contributed by atoms with E-state index in [0.29, 0.717) is 99.3 Å². The molecule has 1 aromatic carbocycles. The number of ether oxygens (including phenoxy) is 1. The fourth-order valence-corrected chi connectivity index (χ4v) is 14.5. The van der Waals surface area contributed by atoms with Crippen LogP contribution in [0.25, 0.3) is 43.4 Å². The van der Waals surface area contributed by atoms with Crippen LogP contribution in [-0.2, 0) is 30.5 Å². The van der Waals surface area contributed by atoms with Crippen LogP contribution < -0.4 is 26.6 Å². The number of aliphatic carboxylic acids is 2. The molecule has 0 aliphatic carbocycles. The molecule has 10 bridgehead atoms. The summed E-state index contributed by atoms with van der Waals surface area (Å²) in [4.78, 5) is 132. The van der Waals surface area contributed by atoms with Crippen molar-refractivity contribution in [2.45, 2.75) is 97.1 Å². The zero-order chi connectivity index (χ0) is 64.2. The first-order valence-electron chi connectivity index (χ1n) is 28.0. The molecular formula is C60H61N13O11S6. The highest BCUT2D eigenvalue weighted by atomic mass is 32.1. The quantitative estimate of drug-likeness (QED) is 0.0292. The number of aliphatic imine (C=N–C) groups is 1. The number of benzene rings is 1. The average Bonchev–Trinajstić information content (AvgIpc) is 1.71. The van der Waals surface area contributed by atoms with E-state index in [2.05, 4.69) is 31.6 Å². The van der Waals surface area contributed by atoms with Gasteiger partial charge in [-0.1, -0.05) is 61.9 Å². The Hall–Kier alpha value is -8.49. The van der Waals surface area contributed by atoms with Crippen LogP contribution in [0.3, 0.4) is 0 Å². The number of hydrogen-bond donors (Lipinski definition) is 8. The monoisotopic (exact) mass is 1330 g/mol. The number of thiazole rings is 6. The molecule has 1 unspecified atom stereocenters. The molecule has 0 fully saturated rings. The second-order valence-corrected chi connectivity index (χ2v) is 26.6. The van der Waals surface area contributed by atoms with Crippen molar-refractivity contribution in [3.63, 3.8) is 0 Å². The van der Waals surface area contributed by atoms with Gasteiger partial charge in [0, 0.05) is 65.2 Å². The number of aliphatic hydroxyl groups is 1. The maximum absolute atomic E-state index is 14.4. The number of rotatable bonds is 18. The highest BCUT2D eigenvalue weighted by molar-refractivity contribution is 7.15. The minimum Gasteiger partial charge on any atom is -0.481 e. The molecule has 9 rings (SSSR count). The Balaban J connectivity index is 1.11. The van der Waals surface area contributed by atoms with Crippen molar-refractivity contribution in [1.29, 1.82) is 0 Å². The number of carboxylic acids is 2. The SMILES string of the molecule is CNC(=O)C[C@@H]1NC(=O)c2csc(n2)-c2ccc(-c3nc(/N=C/C(=C\C=C(/C)CCC(=O)O)CCCC(=O)O)cs3)nc2-c2csc(n2)-c2csc(n2)[C@H]([C@@H](O)c2ccccc2)NC(=O)CNC(=O)c2nc(sc2COC)C(C(C)C)NC(=O)c2nc1sc2C. The maximum Gasteiger partial charge on any atom is 0.303 e. The summed E-state index contributed by atoms with van der Waals surface area (Å²) in [6.07, 6.45) is 4.68. The van der Waals surface area contributed by atoms with Gasteiger partial charge in [0.15, 0.2) is 5.82 Å². The lowest BCUT2D eigenvalue weighted by Crippen LogP contribution is -2.40. The molecule has 8 N–H and O–H groups in total. The summed E-state index contributed by atoms with van der Waals surface area (Å²) in [6.45, 7) is 6.75. The normalized spacial score (nSPS) is 16.5. The number of methoxy groups -OCH3 is 1. The first-order chi connectivity index (χ1) is 43.2. The minimum absolute atomic E-state index is 0.00527. The first kappa shape index (κ1) is 65.9. The molecule has 1 aliphatic heterocycles. The molecule has 0 saturated heterocycles. The highest BCUT2D eigenvalue weighted by Gasteiger charge is 2.33. The molecule has 8 aromatic rings. The third kappa shape index (κ3) is 16.7. The van der Waals surface area contributed by atoms with E-state index < -0.39 is 72.2 Å². The number of fused-ring (bicyclic) bond motifs is 14. The Morgan fingerprint density at radius 3 is 2.16 bits per heavy atom. The number of carboxylic acid groups (broad SMARTS) is 2. The lowest BCUT2D eigenvalue weighted by atomic mass is 10.0. The van der Waals surface area contributed by atoms with Crippen molar-refractivity contribution in [3.05, 3.63) is 135 Å². The number of carbonyl (C=O) groups excluding carboxylic acids is 5. The smallest absolute Gasteiger partial charge is 0.303 e. The number of aryl methyl sites for hydroxylation is 1. The third-order valence-corrected chi connectivity index (χ3v) is 19.5. The standard InChI is InChI=1S/C60H61N13O11S6/c1-29(2)46-60-73-49(40(90-60)24-84-6)53(82)63-23-43(75)70-50(51(80)33-12-8-7-9-13-33)59-68-39(27-87-59)57-66-37(25-86-57)48-34(55-67-38(26-85-55)52(81)65-36(21-42(74)61-5)58-72-47(31(4)89-58)54(83)71-46)18-19-35(64-48)56-69-41(28-88-56)62-22-32(11-10-14-44(76)77)17-15-30(3)16-20-45(78)79/h7-9,12-13,15,17-19,22,25-29,36,46,50-51,80H,10-11,14,16,20-21,23-24H2,1-6H3,(H,61,74)(H,63,82)(H,65,81)(H,70,75)(H,71,83)(H,76,77)(H,78,79)/b30-15+,32-17-,62-22+/t36-,46?,50-,51-/m0/s1. The van der Waals surface area contributed by atoms with Gasteiger partial charge in [0.05, 0.1) is 42.2 Å². The first-order valence-corrected chi connectivity index (χ1v) is 33.2. The van der Waals surface area contributed by atoms with E-state index >= 15 is 0 Å². The van der Waals surface area contributed by atoms with Crippen LogP contribution in [0.4, 0.5) is 5.82 Å². The summed E-state index contributed by atoms with van der Waals surface area (Å²) in [5.41, 5.74) is 4.22. The zero-order valence-corrected chi connectivity index (χ0v) is 54.2. The van der Waals surface area contributed by atoms with Gasteiger partial charge >= 0.3 is 11.9 Å². The number of nitrogens with zero attached hydrogens (tertiary/aromatic N) is 8. The number of nitrogens with one attached hydrogen (secondary N) is 5. The van der Waals surface area contributed by atoms with Crippen LogP contribution in [0, 0.1) is 12.8 Å². The van der Waals surface area contributed by atoms with Crippen molar-refractivity contribution in [2.75, 3.05) is 20.7 Å². The van der Waals surface area contributed by atoms with Gasteiger partial charge < -0.3 is 46.6 Å². The fourth-order valence-electron chi connectivity index (χ4n) is 9.06. The van der Waals surface area contributed by atoms with E-state index in [1.165, 1.54) is 70.8 Å². The fraction of sp³-hybridized carbons (Fsp3) is 0.317. The number of pyridine rings is 1. The van der Waals surface area contributed by atoms with E-state index in [-0.39, 0.29) is 53.9 Å². The molecule has 0 spiro atoms. The van der Waals surface area contributed by atoms with Gasteiger partial charge in [0.1, 0.15) is 76.4 Å². The number of carbonyl (C=O) groups is 7. The van der Waals surface area contributed by atoms with Gasteiger partial charge in [-0.3, -0.25) is 33.6 Å². The molecule has 90 heavy (non-hydrogen) atoms. The topological polar surface area (TPSA) is 352 Å². The molecule has 24 nitrogen and oxygen atoms in total. The lowest BCUT2D eigenvalue weighted by molar-refractivity contribution is -0.138. The van der Waals surface area contributed by atoms with E-state index in [1.807, 2.05) is 20.8 Å². The maximum atomic E-state index is 14.4. The molecule has 0 radical (unpaired) electrons. The van der Waals surface area contributed by atoms with E-state index in [1.54, 1.807) is 89.3 Å². The summed E-state index contributed by atoms with van der Waals surface area (Å²) >= 11 is 7.19. The van der Waals surface area contributed by atoms with Gasteiger partial charge in [-0.25, -0.2) is 39.9 Å². The highest BCUT2D eigenvalue weighted by Crippen LogP contribution is 2.40. The van der Waals surface area contributed by atoms with Crippen LogP contribution >= 0.6 is 68.0 Å². The van der Waals surface area contributed by atoms with Crippen LogP contribution in [0.1, 0.15) is 145 Å². The number of aliphatic hydroxyl groups excluding tert-OH is 1. The van der Waals surface area contributed by atoms with Crippen molar-refractivity contribution in [1.82, 2.24) is 61.5 Å². The second kappa shape index (κ2) is 30.3. The molecule has 468 valence electrons. The number of aromatic nitrogens is 7. The van der Waals surface area contributed by atoms with Gasteiger partial charge in [-0.15, -0.1) is 68.0 Å². The second-order valence-electron chi connectivity index (χ2n) is 20.8. The number of amides is 5. The van der Waals surface area contributed by atoms with Crippen LogP contribution in [0.15, 0.2) is 92.3 Å². The summed E-state index contributed by atoms with van der Waals surface area (Å²) in [5.74, 6) is -4.68. The Morgan fingerprint density at radius 2 is 1.41 bits per heavy atom. The van der Waals surface area contributed by atoms with E-state index in [4.69, 9.17) is 44.7 Å². The molecule has 8 heterocycles. The van der Waals surface area contributed by atoms with Crippen molar-refractivity contribution in [3.8, 4) is 43.4 Å². The molecule has 5 amide bonds. The van der Waals surface area contributed by atoms with Gasteiger partial charge in [-0.05, 0) is 62.3 Å². The van der Waals surface area contributed by atoms with Crippen molar-refractivity contribution < 1.29 is 53.6 Å². The van der Waals surface area contributed by atoms with Crippen molar-refractivity contribution in [2.24, 2.45) is 10.9 Å². The molecule has 7 aromatic heterocycles. The molecule has 30 heteroatoms. The zero-order valence-electron chi connectivity index (χ0n) is 49.3. The van der Waals surface area contributed by atoms with Crippen molar-refractivity contribution >= 4 is 122 Å². The summed E-state index contributed by atoms with van der Waals surface area (Å²) < 4.78 is 5.46. The summed E-state index contributed by atoms with van der Waals surface area (Å²) in [7, 11) is 2.93. The Labute approximate surface area is 539 Å². The van der Waals surface area contributed by atoms with Gasteiger partial charge in [0.25, 0.3) is 17.7 Å². The Morgan fingerprint density at radius 1 is 0.700 bits per heavy atom. The largest absolute Gasteiger partial charge is 0.481 e. The van der Waals surface area contributed by atoms with E-state index in [0.717, 1.165) is 16.9 Å². The van der Waals surface area contributed by atoms with Crippen LogP contribution in [0.2, 0.25) is 0 Å². The van der Waals surface area contributed by atoms with Gasteiger partial charge in [-0.2, -0.15) is 0 Å². The lowest BCUT2D eigenvalue weighted by Gasteiger charge is -2.23. The Bertz CT molecular complexity index is 4050. The third-order valence-electron chi connectivity index (χ3n) is 13.8. The average molecular weight is 1330 g/mol. The Kier molecular flexibility index (Phi) is 22.2. The minimum atomic E-state index is -1.29. The molecular weight excluding hydrogens is 1270 g/mol. The van der Waals surface area contributed by atoms with E-state index in [9.17, 15) is 43.8 Å². The molecule has 1 aliphatic rings.